The van der Waals surface area contributed by atoms with E-state index in [9.17, 15) is 9.67 Å². The molecule has 1 heterocycles. The minimum atomic E-state index is -3.21. The fraction of sp³-hybridized carbons (Fsp3) is 1.00. The van der Waals surface area contributed by atoms with Crippen LogP contribution in [0.4, 0.5) is 0 Å². The summed E-state index contributed by atoms with van der Waals surface area (Å²) in [4.78, 5) is 0. The van der Waals surface area contributed by atoms with Gasteiger partial charge in [-0.05, 0) is 0 Å². The molecule has 5 heteroatoms. The molecule has 0 aliphatic carbocycles. The van der Waals surface area contributed by atoms with E-state index in [0.717, 1.165) is 0 Å². The molecule has 4 nitrogen and oxygen atoms in total. The molecule has 1 N–H and O–H groups in total. The lowest BCUT2D eigenvalue weighted by Gasteiger charge is -2.20. The fourth-order valence-corrected chi connectivity index (χ4v) is 2.87. The minimum absolute atomic E-state index is 0.277. The second kappa shape index (κ2) is 2.56. The van der Waals surface area contributed by atoms with Crippen LogP contribution in [0.2, 0.25) is 0 Å². The van der Waals surface area contributed by atoms with Crippen LogP contribution in [0.1, 0.15) is 13.8 Å². The van der Waals surface area contributed by atoms with E-state index in [0.29, 0.717) is 0 Å². The summed E-state index contributed by atoms with van der Waals surface area (Å²) < 4.78 is 21.0. The standard InChI is InChI=1S/C6H13O4P/c1-6(2)4-10-11(8,9-3)5(6)7/h5,7H,4H2,1-3H3/t5-,11-/m0/s1. The molecule has 0 amide bonds. The first-order chi connectivity index (χ1) is 4.92. The van der Waals surface area contributed by atoms with Gasteiger partial charge in [0.1, 0.15) is 0 Å². The molecule has 0 saturated carbocycles. The number of hydrogen-bond donors (Lipinski definition) is 1. The van der Waals surface area contributed by atoms with Crippen LogP contribution in [-0.4, -0.2) is 24.7 Å². The van der Waals surface area contributed by atoms with Gasteiger partial charge in [-0.2, -0.15) is 0 Å². The van der Waals surface area contributed by atoms with Gasteiger partial charge in [-0.3, -0.25) is 4.57 Å². The Bertz CT molecular complexity index is 201. The molecular formula is C6H13O4P. The quantitative estimate of drug-likeness (QED) is 0.616. The Morgan fingerprint density at radius 2 is 2.27 bits per heavy atom. The van der Waals surface area contributed by atoms with Gasteiger partial charge in [-0.25, -0.2) is 0 Å². The maximum atomic E-state index is 11.4. The Kier molecular flexibility index (Phi) is 2.14. The van der Waals surface area contributed by atoms with Crippen LogP contribution >= 0.6 is 7.60 Å². The lowest BCUT2D eigenvalue weighted by atomic mass is 9.96. The second-order valence-electron chi connectivity index (χ2n) is 3.36. The van der Waals surface area contributed by atoms with Crippen LogP contribution in [0.3, 0.4) is 0 Å². The van der Waals surface area contributed by atoms with Crippen molar-refractivity contribution in [2.75, 3.05) is 13.7 Å². The molecule has 1 aliphatic rings. The van der Waals surface area contributed by atoms with Gasteiger partial charge in [0.2, 0.25) is 0 Å². The van der Waals surface area contributed by atoms with Crippen LogP contribution in [0.25, 0.3) is 0 Å². The van der Waals surface area contributed by atoms with Gasteiger partial charge in [0.15, 0.2) is 5.85 Å². The Labute approximate surface area is 66.0 Å². The van der Waals surface area contributed by atoms with Crippen LogP contribution in [0, 0.1) is 5.41 Å². The zero-order valence-corrected chi connectivity index (χ0v) is 7.80. The van der Waals surface area contributed by atoms with E-state index < -0.39 is 18.9 Å². The first-order valence-corrected chi connectivity index (χ1v) is 5.02. The van der Waals surface area contributed by atoms with E-state index in [-0.39, 0.29) is 6.61 Å². The fourth-order valence-electron chi connectivity index (χ4n) is 0.982. The average molecular weight is 180 g/mol. The summed E-state index contributed by atoms with van der Waals surface area (Å²) in [6.45, 7) is 3.85. The molecule has 1 rings (SSSR count). The van der Waals surface area contributed by atoms with Crippen molar-refractivity contribution in [2.24, 2.45) is 5.41 Å². The van der Waals surface area contributed by atoms with Crippen molar-refractivity contribution >= 4 is 7.60 Å². The normalized spacial score (nSPS) is 42.7. The molecule has 0 spiro atoms. The first kappa shape index (κ1) is 9.20. The maximum absolute atomic E-state index is 11.4. The predicted octanol–water partition coefficient (Wildman–Crippen LogP) is 1.20. The van der Waals surface area contributed by atoms with E-state index in [2.05, 4.69) is 4.52 Å². The average Bonchev–Trinajstić information content (AvgIpc) is 2.16. The van der Waals surface area contributed by atoms with Crippen LogP contribution in [0.5, 0.6) is 0 Å². The van der Waals surface area contributed by atoms with Gasteiger partial charge in [-0.1, -0.05) is 13.8 Å². The van der Waals surface area contributed by atoms with Crippen molar-refractivity contribution in [1.82, 2.24) is 0 Å². The summed E-state index contributed by atoms with van der Waals surface area (Å²) in [5, 5.41) is 9.46. The van der Waals surface area contributed by atoms with Gasteiger partial charge >= 0.3 is 7.60 Å². The Balaban J connectivity index is 2.87. The third-order valence-electron chi connectivity index (χ3n) is 1.87. The second-order valence-corrected chi connectivity index (χ2v) is 5.55. The largest absolute Gasteiger partial charge is 0.380 e. The highest BCUT2D eigenvalue weighted by molar-refractivity contribution is 7.54. The SMILES string of the molecule is CO[P@]1(=O)OCC(C)(C)[C@H]1O. The van der Waals surface area contributed by atoms with E-state index in [1.54, 1.807) is 13.8 Å². The van der Waals surface area contributed by atoms with Gasteiger partial charge in [-0.15, -0.1) is 0 Å². The number of aliphatic hydroxyl groups is 1. The third-order valence-corrected chi connectivity index (χ3v) is 4.17. The smallest absolute Gasteiger partial charge is 0.359 e. The van der Waals surface area contributed by atoms with E-state index in [1.165, 1.54) is 7.11 Å². The molecule has 0 aromatic carbocycles. The zero-order chi connectivity index (χ0) is 8.70. The molecule has 0 aromatic rings. The van der Waals surface area contributed by atoms with Crippen molar-refractivity contribution in [2.45, 2.75) is 19.7 Å². The summed E-state index contributed by atoms with van der Waals surface area (Å²) in [6, 6.07) is 0. The van der Waals surface area contributed by atoms with Crippen molar-refractivity contribution in [3.8, 4) is 0 Å². The summed E-state index contributed by atoms with van der Waals surface area (Å²) in [7, 11) is -1.92. The van der Waals surface area contributed by atoms with Gasteiger partial charge in [0.05, 0.1) is 6.61 Å². The molecule has 11 heavy (non-hydrogen) atoms. The number of hydrogen-bond acceptors (Lipinski definition) is 4. The van der Waals surface area contributed by atoms with Gasteiger partial charge in [0.25, 0.3) is 0 Å². The molecule has 2 atom stereocenters. The Morgan fingerprint density at radius 1 is 1.73 bits per heavy atom. The van der Waals surface area contributed by atoms with E-state index >= 15 is 0 Å². The van der Waals surface area contributed by atoms with Crippen molar-refractivity contribution in [1.29, 1.82) is 0 Å². The highest BCUT2D eigenvalue weighted by atomic mass is 31.2. The molecule has 0 unspecified atom stereocenters. The summed E-state index contributed by atoms with van der Waals surface area (Å²) >= 11 is 0. The molecule has 1 fully saturated rings. The highest BCUT2D eigenvalue weighted by Gasteiger charge is 2.51. The molecule has 66 valence electrons. The van der Waals surface area contributed by atoms with Gasteiger partial charge in [0, 0.05) is 12.5 Å². The van der Waals surface area contributed by atoms with E-state index in [1.807, 2.05) is 0 Å². The maximum Gasteiger partial charge on any atom is 0.359 e. The van der Waals surface area contributed by atoms with Crippen molar-refractivity contribution in [3.63, 3.8) is 0 Å². The predicted molar refractivity (Wildman–Crippen MR) is 40.4 cm³/mol. The minimum Gasteiger partial charge on any atom is -0.380 e. The molecule has 1 aliphatic heterocycles. The molecule has 0 aromatic heterocycles. The monoisotopic (exact) mass is 180 g/mol. The first-order valence-electron chi connectivity index (χ1n) is 3.40. The molecular weight excluding hydrogens is 167 g/mol. The van der Waals surface area contributed by atoms with Crippen LogP contribution in [0.15, 0.2) is 0 Å². The van der Waals surface area contributed by atoms with Crippen LogP contribution < -0.4 is 0 Å². The number of rotatable bonds is 1. The van der Waals surface area contributed by atoms with E-state index in [4.69, 9.17) is 4.52 Å². The summed E-state index contributed by atoms with van der Waals surface area (Å²) in [5.41, 5.74) is -0.467. The molecule has 0 radical (unpaired) electrons. The Hall–Kier alpha value is 0.110. The Morgan fingerprint density at radius 3 is 2.45 bits per heavy atom. The summed E-state index contributed by atoms with van der Waals surface area (Å²) in [5.74, 6) is -1.00. The zero-order valence-electron chi connectivity index (χ0n) is 6.90. The lowest BCUT2D eigenvalue weighted by molar-refractivity contribution is 0.117. The third kappa shape index (κ3) is 1.36. The van der Waals surface area contributed by atoms with Crippen molar-refractivity contribution in [3.05, 3.63) is 0 Å². The number of aliphatic hydroxyl groups excluding tert-OH is 1. The summed E-state index contributed by atoms with van der Waals surface area (Å²) in [6.07, 6.45) is 0. The van der Waals surface area contributed by atoms with Crippen molar-refractivity contribution < 1.29 is 18.7 Å². The lowest BCUT2D eigenvalue weighted by Crippen LogP contribution is -2.25. The topological polar surface area (TPSA) is 55.8 Å². The highest BCUT2D eigenvalue weighted by Crippen LogP contribution is 2.62. The van der Waals surface area contributed by atoms with Gasteiger partial charge < -0.3 is 14.2 Å². The molecule has 1 saturated heterocycles. The molecule has 0 bridgehead atoms. The van der Waals surface area contributed by atoms with Crippen LogP contribution in [-0.2, 0) is 13.6 Å².